The number of hydrogen-bond acceptors (Lipinski definition) is 1. The molecule has 0 radical (unpaired) electrons. The highest BCUT2D eigenvalue weighted by atomic mass is 31.1. The van der Waals surface area contributed by atoms with E-state index in [1.54, 1.807) is 0 Å². The van der Waals surface area contributed by atoms with Gasteiger partial charge in [0.2, 0.25) is 0 Å². The van der Waals surface area contributed by atoms with Gasteiger partial charge in [-0.15, -0.1) is 0 Å². The first kappa shape index (κ1) is 18.5. The average Bonchev–Trinajstić information content (AvgIpc) is 2.71. The zero-order chi connectivity index (χ0) is 19.5. The van der Waals surface area contributed by atoms with Gasteiger partial charge in [0.1, 0.15) is 0 Å². The molecule has 0 spiro atoms. The molecule has 2 N–H and O–H groups in total. The first-order valence-electron chi connectivity index (χ1n) is 9.52. The first-order chi connectivity index (χ1) is 13.7. The summed E-state index contributed by atoms with van der Waals surface area (Å²) < 4.78 is 0. The molecule has 0 fully saturated rings. The number of rotatable bonds is 4. The topological polar surface area (TPSA) is 26.0 Å². The van der Waals surface area contributed by atoms with Gasteiger partial charge in [-0.1, -0.05) is 91.0 Å². The van der Waals surface area contributed by atoms with E-state index in [-0.39, 0.29) is 0 Å². The third-order valence-electron chi connectivity index (χ3n) is 5.08. The van der Waals surface area contributed by atoms with Crippen molar-refractivity contribution >= 4 is 29.5 Å². The van der Waals surface area contributed by atoms with Crippen LogP contribution in [0.4, 0.5) is 5.69 Å². The molecule has 4 aromatic rings. The number of nitrogens with two attached hydrogens (primary N) is 1. The highest BCUT2D eigenvalue weighted by Gasteiger charge is 2.22. The standard InChI is InChI=1S/C26H24NP/c1-19-11-9-17-23(27)25(19)26-20(2)12-10-18-24(26)28(21-13-5-3-6-14-21)22-15-7-4-8-16-22/h3-18H,27H2,1-2H3. The lowest BCUT2D eigenvalue weighted by Gasteiger charge is -2.25. The van der Waals surface area contributed by atoms with E-state index < -0.39 is 7.92 Å². The summed E-state index contributed by atoms with van der Waals surface area (Å²) in [6.45, 7) is 4.34. The zero-order valence-electron chi connectivity index (χ0n) is 16.3. The molecule has 0 saturated carbocycles. The third-order valence-corrected chi connectivity index (χ3v) is 7.56. The largest absolute Gasteiger partial charge is 0.398 e. The first-order valence-corrected chi connectivity index (χ1v) is 10.9. The van der Waals surface area contributed by atoms with Crippen LogP contribution < -0.4 is 21.6 Å². The van der Waals surface area contributed by atoms with Crippen molar-refractivity contribution < 1.29 is 0 Å². The van der Waals surface area contributed by atoms with Crippen LogP contribution in [0, 0.1) is 13.8 Å². The van der Waals surface area contributed by atoms with Crippen LogP contribution in [0.15, 0.2) is 97.1 Å². The van der Waals surface area contributed by atoms with Crippen molar-refractivity contribution in [1.29, 1.82) is 0 Å². The summed E-state index contributed by atoms with van der Waals surface area (Å²) in [6, 6.07) is 34.5. The maximum Gasteiger partial charge on any atom is 0.0396 e. The molecule has 138 valence electrons. The fourth-order valence-corrected chi connectivity index (χ4v) is 6.32. The van der Waals surface area contributed by atoms with Gasteiger partial charge >= 0.3 is 0 Å². The monoisotopic (exact) mass is 381 g/mol. The number of hydrogen-bond donors (Lipinski definition) is 1. The highest BCUT2D eigenvalue weighted by molar-refractivity contribution is 7.80. The van der Waals surface area contributed by atoms with Gasteiger partial charge in [0.05, 0.1) is 0 Å². The fourth-order valence-electron chi connectivity index (χ4n) is 3.78. The van der Waals surface area contributed by atoms with Crippen molar-refractivity contribution in [2.45, 2.75) is 13.8 Å². The van der Waals surface area contributed by atoms with Crippen LogP contribution >= 0.6 is 7.92 Å². The van der Waals surface area contributed by atoms with Crippen LogP contribution in [0.2, 0.25) is 0 Å². The van der Waals surface area contributed by atoms with E-state index in [0.717, 1.165) is 11.3 Å². The summed E-state index contributed by atoms with van der Waals surface area (Å²) >= 11 is 0. The Morgan fingerprint density at radius 1 is 0.536 bits per heavy atom. The molecule has 0 aliphatic rings. The van der Waals surface area contributed by atoms with Crippen molar-refractivity contribution in [2.75, 3.05) is 5.73 Å². The Morgan fingerprint density at radius 2 is 1.04 bits per heavy atom. The molecule has 0 heterocycles. The molecule has 0 saturated heterocycles. The van der Waals surface area contributed by atoms with E-state index in [1.165, 1.54) is 32.6 Å². The summed E-state index contributed by atoms with van der Waals surface area (Å²) in [5.41, 5.74) is 12.2. The molecule has 0 bridgehead atoms. The Morgan fingerprint density at radius 3 is 1.57 bits per heavy atom. The van der Waals surface area contributed by atoms with Gasteiger partial charge in [-0.3, -0.25) is 0 Å². The van der Waals surface area contributed by atoms with Crippen LogP contribution in [0.1, 0.15) is 11.1 Å². The molecule has 0 amide bonds. The van der Waals surface area contributed by atoms with E-state index in [0.29, 0.717) is 0 Å². The predicted octanol–water partition coefficient (Wildman–Crippen LogP) is 5.31. The Bertz CT molecular complexity index is 1030. The Labute approximate surface area is 168 Å². The predicted molar refractivity (Wildman–Crippen MR) is 124 cm³/mol. The lowest BCUT2D eigenvalue weighted by molar-refractivity contribution is 1.42. The summed E-state index contributed by atoms with van der Waals surface area (Å²) in [5.74, 6) is 0. The van der Waals surface area contributed by atoms with E-state index in [4.69, 9.17) is 5.73 Å². The molecule has 0 aromatic heterocycles. The van der Waals surface area contributed by atoms with Crippen LogP contribution in [-0.2, 0) is 0 Å². The number of nitrogen functional groups attached to an aromatic ring is 1. The molecule has 4 aromatic carbocycles. The molecule has 0 atom stereocenters. The van der Waals surface area contributed by atoms with Crippen LogP contribution in [-0.4, -0.2) is 0 Å². The summed E-state index contributed by atoms with van der Waals surface area (Å²) in [5, 5.41) is 4.05. The normalized spacial score (nSPS) is 11.0. The summed E-state index contributed by atoms with van der Waals surface area (Å²) in [4.78, 5) is 0. The second kappa shape index (κ2) is 8.00. The second-order valence-electron chi connectivity index (χ2n) is 7.01. The van der Waals surface area contributed by atoms with Gasteiger partial charge < -0.3 is 5.73 Å². The maximum atomic E-state index is 6.48. The third kappa shape index (κ3) is 3.46. The molecular formula is C26H24NP. The Balaban J connectivity index is 2.03. The van der Waals surface area contributed by atoms with Crippen molar-refractivity contribution in [1.82, 2.24) is 0 Å². The molecule has 28 heavy (non-hydrogen) atoms. The molecule has 4 rings (SSSR count). The van der Waals surface area contributed by atoms with E-state index in [1.807, 2.05) is 12.1 Å². The van der Waals surface area contributed by atoms with Crippen LogP contribution in [0.3, 0.4) is 0 Å². The van der Waals surface area contributed by atoms with Crippen molar-refractivity contribution in [2.24, 2.45) is 0 Å². The number of anilines is 1. The minimum absolute atomic E-state index is 0.687. The van der Waals surface area contributed by atoms with Crippen molar-refractivity contribution in [3.8, 4) is 11.1 Å². The Hall–Kier alpha value is -2.89. The molecule has 0 aliphatic carbocycles. The average molecular weight is 381 g/mol. The Kier molecular flexibility index (Phi) is 5.28. The van der Waals surface area contributed by atoms with Crippen LogP contribution in [0.5, 0.6) is 0 Å². The summed E-state index contributed by atoms with van der Waals surface area (Å²) in [6.07, 6.45) is 0. The zero-order valence-corrected chi connectivity index (χ0v) is 17.2. The quantitative estimate of drug-likeness (QED) is 0.376. The van der Waals surface area contributed by atoms with Gasteiger partial charge in [-0.05, 0) is 60.4 Å². The number of aryl methyl sites for hydroxylation is 2. The molecule has 0 aliphatic heterocycles. The van der Waals surface area contributed by atoms with Gasteiger partial charge in [-0.25, -0.2) is 0 Å². The fraction of sp³-hybridized carbons (Fsp3) is 0.0769. The van der Waals surface area contributed by atoms with Crippen LogP contribution in [0.25, 0.3) is 11.1 Å². The van der Waals surface area contributed by atoms with E-state index >= 15 is 0 Å². The molecule has 0 unspecified atom stereocenters. The van der Waals surface area contributed by atoms with Gasteiger partial charge in [0.15, 0.2) is 0 Å². The molecular weight excluding hydrogens is 357 g/mol. The SMILES string of the molecule is Cc1cccc(N)c1-c1c(C)cccc1P(c1ccccc1)c1ccccc1. The number of benzene rings is 4. The molecule has 2 heteroatoms. The van der Waals surface area contributed by atoms with Crippen molar-refractivity contribution in [3.63, 3.8) is 0 Å². The van der Waals surface area contributed by atoms with Gasteiger partial charge in [0.25, 0.3) is 0 Å². The second-order valence-corrected chi connectivity index (χ2v) is 9.20. The minimum Gasteiger partial charge on any atom is -0.398 e. The maximum absolute atomic E-state index is 6.48. The van der Waals surface area contributed by atoms with Crippen molar-refractivity contribution in [3.05, 3.63) is 108 Å². The van der Waals surface area contributed by atoms with E-state index in [2.05, 4.69) is 98.8 Å². The highest BCUT2D eigenvalue weighted by Crippen LogP contribution is 2.40. The van der Waals surface area contributed by atoms with E-state index in [9.17, 15) is 0 Å². The van der Waals surface area contributed by atoms with Gasteiger partial charge in [-0.2, -0.15) is 0 Å². The molecule has 1 nitrogen and oxygen atoms in total. The smallest absolute Gasteiger partial charge is 0.0396 e. The lowest BCUT2D eigenvalue weighted by atomic mass is 9.95. The minimum atomic E-state index is -0.687. The summed E-state index contributed by atoms with van der Waals surface area (Å²) in [7, 11) is -0.687. The van der Waals surface area contributed by atoms with Gasteiger partial charge in [0, 0.05) is 11.3 Å². The lowest BCUT2D eigenvalue weighted by Crippen LogP contribution is -2.23.